The van der Waals surface area contributed by atoms with E-state index in [1.807, 2.05) is 12.2 Å². The van der Waals surface area contributed by atoms with Gasteiger partial charge in [-0.3, -0.25) is 15.4 Å². The molecule has 0 spiro atoms. The van der Waals surface area contributed by atoms with Gasteiger partial charge in [-0.1, -0.05) is 18.2 Å². The first-order valence-electron chi connectivity index (χ1n) is 6.24. The van der Waals surface area contributed by atoms with E-state index in [9.17, 15) is 14.4 Å². The summed E-state index contributed by atoms with van der Waals surface area (Å²) in [5.74, 6) is -1.99. The molecule has 1 heterocycles. The topological polar surface area (TPSA) is 122 Å². The van der Waals surface area contributed by atoms with Crippen LogP contribution in [0.15, 0.2) is 36.6 Å². The van der Waals surface area contributed by atoms with Crippen molar-refractivity contribution < 1.29 is 24.2 Å². The van der Waals surface area contributed by atoms with Crippen molar-refractivity contribution in [3.8, 4) is 0 Å². The molecule has 0 bridgehead atoms. The fourth-order valence-electron chi connectivity index (χ4n) is 1.84. The lowest BCUT2D eigenvalue weighted by atomic mass is 10.1. The van der Waals surface area contributed by atoms with Gasteiger partial charge < -0.3 is 15.2 Å². The van der Waals surface area contributed by atoms with Crippen molar-refractivity contribution >= 4 is 18.0 Å². The van der Waals surface area contributed by atoms with Gasteiger partial charge in [0.05, 0.1) is 0 Å². The van der Waals surface area contributed by atoms with Crippen LogP contribution in [0.2, 0.25) is 0 Å². The predicted octanol–water partition coefficient (Wildman–Crippen LogP) is -0.307. The van der Waals surface area contributed by atoms with Gasteiger partial charge in [-0.2, -0.15) is 0 Å². The molecule has 1 aliphatic carbocycles. The summed E-state index contributed by atoms with van der Waals surface area (Å²) >= 11 is 0. The van der Waals surface area contributed by atoms with Gasteiger partial charge in [0.2, 0.25) is 5.66 Å². The highest BCUT2D eigenvalue weighted by Gasteiger charge is 2.40. The molecular formula is C13H15N3O5. The molecule has 0 saturated heterocycles. The summed E-state index contributed by atoms with van der Waals surface area (Å²) < 4.78 is 5.20. The third-order valence-electron chi connectivity index (χ3n) is 2.94. The lowest BCUT2D eigenvalue weighted by Gasteiger charge is -2.33. The van der Waals surface area contributed by atoms with Crippen LogP contribution in [0.5, 0.6) is 0 Å². The number of hydrogen-bond acceptors (Lipinski definition) is 5. The number of urea groups is 1. The fraction of sp³-hybridized carbons (Fsp3) is 0.308. The van der Waals surface area contributed by atoms with E-state index in [0.29, 0.717) is 6.42 Å². The van der Waals surface area contributed by atoms with E-state index in [1.54, 1.807) is 12.2 Å². The Kier molecular flexibility index (Phi) is 4.08. The minimum Gasteiger partial charge on any atom is -0.480 e. The second kappa shape index (κ2) is 5.80. The Balaban J connectivity index is 2.03. The number of rotatable bonds is 4. The molecular weight excluding hydrogens is 278 g/mol. The number of carboxylic acids is 1. The fourth-order valence-corrected chi connectivity index (χ4v) is 1.84. The van der Waals surface area contributed by atoms with Gasteiger partial charge in [0.1, 0.15) is 12.6 Å². The minimum absolute atomic E-state index is 0.440. The van der Waals surface area contributed by atoms with Crippen LogP contribution in [0.25, 0.3) is 0 Å². The number of esters is 1. The maximum absolute atomic E-state index is 12.1. The number of carbonyl (C=O) groups is 3. The first-order chi connectivity index (χ1) is 9.90. The summed E-state index contributed by atoms with van der Waals surface area (Å²) in [5.41, 5.74) is 3.99. The van der Waals surface area contributed by atoms with Crippen molar-refractivity contribution in [1.29, 1.82) is 0 Å². The van der Waals surface area contributed by atoms with Crippen molar-refractivity contribution in [3.63, 3.8) is 0 Å². The Morgan fingerprint density at radius 2 is 2.29 bits per heavy atom. The summed E-state index contributed by atoms with van der Waals surface area (Å²) in [5, 5.41) is 10.9. The number of hydrogen-bond donors (Lipinski definition) is 3. The van der Waals surface area contributed by atoms with Crippen LogP contribution in [0.1, 0.15) is 6.42 Å². The Morgan fingerprint density at radius 1 is 1.52 bits per heavy atom. The molecule has 0 aromatic heterocycles. The van der Waals surface area contributed by atoms with Crippen LogP contribution >= 0.6 is 0 Å². The van der Waals surface area contributed by atoms with Crippen molar-refractivity contribution in [3.05, 3.63) is 36.6 Å². The van der Waals surface area contributed by atoms with Crippen LogP contribution in [-0.2, 0) is 14.3 Å². The quantitative estimate of drug-likeness (QED) is 0.611. The third-order valence-corrected chi connectivity index (χ3v) is 2.94. The molecule has 112 valence electrons. The highest BCUT2D eigenvalue weighted by molar-refractivity contribution is 5.92. The van der Waals surface area contributed by atoms with Gasteiger partial charge in [0.15, 0.2) is 0 Å². The molecule has 8 heteroatoms. The molecule has 8 nitrogen and oxygen atoms in total. The molecule has 2 atom stereocenters. The third kappa shape index (κ3) is 3.48. The largest absolute Gasteiger partial charge is 0.480 e. The summed E-state index contributed by atoms with van der Waals surface area (Å²) in [4.78, 5) is 35.3. The van der Waals surface area contributed by atoms with Crippen LogP contribution in [-0.4, -0.2) is 46.3 Å². The lowest BCUT2D eigenvalue weighted by molar-refractivity contribution is -0.152. The number of carbonyl (C=O) groups excluding carboxylic acids is 2. The van der Waals surface area contributed by atoms with Crippen LogP contribution in [0.3, 0.4) is 0 Å². The average molecular weight is 293 g/mol. The maximum atomic E-state index is 12.1. The number of allylic oxidation sites excluding steroid dienone is 2. The number of nitrogens with one attached hydrogen (secondary N) is 1. The zero-order valence-corrected chi connectivity index (χ0v) is 11.1. The molecule has 0 saturated carbocycles. The Bertz CT molecular complexity index is 554. The van der Waals surface area contributed by atoms with Crippen LogP contribution in [0.4, 0.5) is 4.79 Å². The Morgan fingerprint density at radius 3 is 2.86 bits per heavy atom. The first-order valence-corrected chi connectivity index (χ1v) is 6.24. The zero-order valence-electron chi connectivity index (χ0n) is 11.1. The predicted molar refractivity (Wildman–Crippen MR) is 71.7 cm³/mol. The van der Waals surface area contributed by atoms with Crippen LogP contribution in [0, 0.1) is 0 Å². The molecule has 21 heavy (non-hydrogen) atoms. The first kappa shape index (κ1) is 14.8. The van der Waals surface area contributed by atoms with Crippen molar-refractivity contribution in [1.82, 2.24) is 10.2 Å². The van der Waals surface area contributed by atoms with Crippen molar-refractivity contribution in [2.24, 2.45) is 5.73 Å². The Hall–Kier alpha value is -2.61. The van der Waals surface area contributed by atoms with Gasteiger partial charge in [-0.05, 0) is 12.2 Å². The summed E-state index contributed by atoms with van der Waals surface area (Å²) in [6.45, 7) is -0.524. The molecule has 2 amide bonds. The van der Waals surface area contributed by atoms with E-state index >= 15 is 0 Å². The van der Waals surface area contributed by atoms with Gasteiger partial charge in [-0.25, -0.2) is 9.59 Å². The van der Waals surface area contributed by atoms with E-state index in [1.165, 1.54) is 6.08 Å². The number of ether oxygens (including phenoxy) is 1. The second-order valence-electron chi connectivity index (χ2n) is 4.63. The molecule has 0 unspecified atom stereocenters. The smallest absolute Gasteiger partial charge is 0.351 e. The van der Waals surface area contributed by atoms with Crippen molar-refractivity contribution in [2.45, 2.75) is 18.2 Å². The van der Waals surface area contributed by atoms with Crippen LogP contribution < -0.4 is 11.1 Å². The normalized spacial score (nSPS) is 27.4. The summed E-state index contributed by atoms with van der Waals surface area (Å²) in [6.07, 6.45) is 9.55. The van der Waals surface area contributed by atoms with Gasteiger partial charge in [0, 0.05) is 12.6 Å². The van der Waals surface area contributed by atoms with E-state index < -0.39 is 36.3 Å². The molecule has 2 aliphatic rings. The van der Waals surface area contributed by atoms with E-state index in [2.05, 4.69) is 5.32 Å². The zero-order chi connectivity index (χ0) is 15.5. The van der Waals surface area contributed by atoms with E-state index in [-0.39, 0.29) is 0 Å². The van der Waals surface area contributed by atoms with Crippen molar-refractivity contribution in [2.75, 3.05) is 6.54 Å². The molecule has 1 aliphatic heterocycles. The number of amides is 2. The second-order valence-corrected chi connectivity index (χ2v) is 4.63. The molecule has 0 radical (unpaired) electrons. The number of carboxylic acid groups (broad SMARTS) is 1. The molecule has 2 rings (SSSR count). The minimum atomic E-state index is -1.80. The number of nitrogens with zero attached hydrogens (tertiary/aromatic N) is 1. The monoisotopic (exact) mass is 293 g/mol. The van der Waals surface area contributed by atoms with Gasteiger partial charge >= 0.3 is 18.0 Å². The molecule has 0 aromatic rings. The van der Waals surface area contributed by atoms with E-state index in [4.69, 9.17) is 15.6 Å². The highest BCUT2D eigenvalue weighted by atomic mass is 16.5. The average Bonchev–Trinajstić information content (AvgIpc) is 2.43. The highest BCUT2D eigenvalue weighted by Crippen LogP contribution is 2.15. The van der Waals surface area contributed by atoms with Gasteiger partial charge in [0.25, 0.3) is 0 Å². The Labute approximate surface area is 120 Å². The standard InChI is InChI=1S/C13H15N3O5/c14-13(11(19)21-9-4-2-1-3-5-9)6-7-16(8-10(17)18)12(20)15-13/h1-4,6-7,9H,5,8,14H2,(H,15,20)(H,17,18)/t9-,13+/m0/s1. The maximum Gasteiger partial charge on any atom is 0.351 e. The number of nitrogens with two attached hydrogens (primary N) is 1. The van der Waals surface area contributed by atoms with E-state index in [0.717, 1.165) is 11.1 Å². The summed E-state index contributed by atoms with van der Waals surface area (Å²) in [7, 11) is 0. The lowest BCUT2D eigenvalue weighted by Crippen LogP contribution is -2.65. The molecule has 0 fully saturated rings. The molecule has 0 aromatic carbocycles. The summed E-state index contributed by atoms with van der Waals surface area (Å²) in [6, 6.07) is -0.779. The number of aliphatic carboxylic acids is 1. The molecule has 4 N–H and O–H groups in total. The van der Waals surface area contributed by atoms with Gasteiger partial charge in [-0.15, -0.1) is 0 Å². The SMILES string of the molecule is N[C@]1(C(=O)O[C@H]2C=CC=CC2)C=CN(CC(=O)O)C(=O)N1.